The van der Waals surface area contributed by atoms with Crippen molar-refractivity contribution in [2.45, 2.75) is 25.8 Å². The summed E-state index contributed by atoms with van der Waals surface area (Å²) in [5.41, 5.74) is 8.28. The molecule has 1 unspecified atom stereocenters. The Hall–Kier alpha value is -0.380. The lowest BCUT2D eigenvalue weighted by Crippen LogP contribution is -2.23. The highest BCUT2D eigenvalue weighted by Crippen LogP contribution is 2.17. The van der Waals surface area contributed by atoms with Crippen LogP contribution in [0.25, 0.3) is 0 Å². The van der Waals surface area contributed by atoms with Crippen LogP contribution in [0.15, 0.2) is 22.7 Å². The second-order valence-corrected chi connectivity index (χ2v) is 4.41. The Balaban J connectivity index is 2.63. The molecule has 3 heteroatoms. The Morgan fingerprint density at radius 3 is 2.79 bits per heavy atom. The summed E-state index contributed by atoms with van der Waals surface area (Å²) in [6.07, 6.45) is 1.49. The molecule has 0 aliphatic rings. The molecule has 1 rings (SSSR count). The zero-order valence-corrected chi connectivity index (χ0v) is 9.92. The van der Waals surface area contributed by atoms with E-state index in [1.54, 1.807) is 0 Å². The minimum Gasteiger partial charge on any atom is -0.396 e. The quantitative estimate of drug-likeness (QED) is 0.867. The Kier molecular flexibility index (Phi) is 4.58. The number of aliphatic hydroxyl groups is 1. The summed E-state index contributed by atoms with van der Waals surface area (Å²) in [4.78, 5) is 0. The van der Waals surface area contributed by atoms with Gasteiger partial charge in [-0.3, -0.25) is 0 Å². The summed E-state index contributed by atoms with van der Waals surface area (Å²) in [7, 11) is 0. The van der Waals surface area contributed by atoms with Crippen LogP contribution in [-0.4, -0.2) is 17.8 Å². The van der Waals surface area contributed by atoms with E-state index >= 15 is 0 Å². The van der Waals surface area contributed by atoms with E-state index in [0.29, 0.717) is 6.42 Å². The van der Waals surface area contributed by atoms with Gasteiger partial charge in [0.2, 0.25) is 0 Å². The van der Waals surface area contributed by atoms with E-state index in [9.17, 15) is 0 Å². The Labute approximate surface area is 93.3 Å². The van der Waals surface area contributed by atoms with Crippen molar-refractivity contribution >= 4 is 15.9 Å². The maximum Gasteiger partial charge on any atom is 0.0445 e. The van der Waals surface area contributed by atoms with Gasteiger partial charge >= 0.3 is 0 Å². The van der Waals surface area contributed by atoms with Crippen LogP contribution in [0.3, 0.4) is 0 Å². The number of halogens is 1. The number of hydrogen-bond donors (Lipinski definition) is 2. The monoisotopic (exact) mass is 257 g/mol. The van der Waals surface area contributed by atoms with Gasteiger partial charge in [-0.2, -0.15) is 0 Å². The fourth-order valence-electron chi connectivity index (χ4n) is 1.40. The molecule has 0 aliphatic heterocycles. The molecular formula is C11H16BrNO. The van der Waals surface area contributed by atoms with Crippen molar-refractivity contribution in [2.75, 3.05) is 6.61 Å². The maximum atomic E-state index is 8.73. The molecule has 1 aromatic rings. The molecule has 0 radical (unpaired) electrons. The summed E-state index contributed by atoms with van der Waals surface area (Å²) < 4.78 is 1.12. The van der Waals surface area contributed by atoms with E-state index < -0.39 is 0 Å². The summed E-state index contributed by atoms with van der Waals surface area (Å²) in [6, 6.07) is 6.28. The summed E-state index contributed by atoms with van der Waals surface area (Å²) in [5, 5.41) is 8.73. The zero-order chi connectivity index (χ0) is 10.6. The SMILES string of the molecule is Cc1cc(CC(N)CCO)ccc1Br. The molecule has 0 aliphatic carbocycles. The third kappa shape index (κ3) is 3.40. The average Bonchev–Trinajstić information content (AvgIpc) is 2.12. The van der Waals surface area contributed by atoms with Gasteiger partial charge in [-0.05, 0) is 37.0 Å². The van der Waals surface area contributed by atoms with Gasteiger partial charge in [0, 0.05) is 17.1 Å². The maximum absolute atomic E-state index is 8.73. The van der Waals surface area contributed by atoms with Gasteiger partial charge in [-0.1, -0.05) is 28.1 Å². The lowest BCUT2D eigenvalue weighted by atomic mass is 10.0. The van der Waals surface area contributed by atoms with Gasteiger partial charge < -0.3 is 10.8 Å². The van der Waals surface area contributed by atoms with E-state index in [1.165, 1.54) is 11.1 Å². The van der Waals surface area contributed by atoms with E-state index in [4.69, 9.17) is 10.8 Å². The third-order valence-corrected chi connectivity index (χ3v) is 3.11. The predicted molar refractivity (Wildman–Crippen MR) is 62.3 cm³/mol. The molecule has 0 amide bonds. The molecule has 0 saturated carbocycles. The molecule has 0 spiro atoms. The first-order chi connectivity index (χ1) is 6.63. The van der Waals surface area contributed by atoms with Gasteiger partial charge in [0.05, 0.1) is 0 Å². The minimum absolute atomic E-state index is 0.0561. The molecule has 1 aromatic carbocycles. The van der Waals surface area contributed by atoms with E-state index in [2.05, 4.69) is 35.0 Å². The Morgan fingerprint density at radius 1 is 1.50 bits per heavy atom. The number of aryl methyl sites for hydroxylation is 1. The Bertz CT molecular complexity index is 301. The van der Waals surface area contributed by atoms with Crippen LogP contribution in [0.4, 0.5) is 0 Å². The normalized spacial score (nSPS) is 12.9. The fraction of sp³-hybridized carbons (Fsp3) is 0.455. The standard InChI is InChI=1S/C11H16BrNO/c1-8-6-9(2-3-11(8)12)7-10(13)4-5-14/h2-3,6,10,14H,4-5,7,13H2,1H3. The van der Waals surface area contributed by atoms with Crippen molar-refractivity contribution < 1.29 is 5.11 Å². The molecule has 0 aromatic heterocycles. The lowest BCUT2D eigenvalue weighted by molar-refractivity contribution is 0.275. The van der Waals surface area contributed by atoms with Crippen molar-refractivity contribution in [1.82, 2.24) is 0 Å². The van der Waals surface area contributed by atoms with Crippen LogP contribution in [0.1, 0.15) is 17.5 Å². The second kappa shape index (κ2) is 5.49. The average molecular weight is 258 g/mol. The van der Waals surface area contributed by atoms with Crippen LogP contribution in [0, 0.1) is 6.92 Å². The lowest BCUT2D eigenvalue weighted by Gasteiger charge is -2.10. The molecule has 78 valence electrons. The van der Waals surface area contributed by atoms with Crippen molar-refractivity contribution in [3.63, 3.8) is 0 Å². The number of hydrogen-bond acceptors (Lipinski definition) is 2. The number of nitrogens with two attached hydrogens (primary N) is 1. The Morgan fingerprint density at radius 2 is 2.21 bits per heavy atom. The first-order valence-electron chi connectivity index (χ1n) is 4.75. The predicted octanol–water partition coefficient (Wildman–Crippen LogP) is 2.01. The fourth-order valence-corrected chi connectivity index (χ4v) is 1.65. The molecule has 0 saturated heterocycles. The number of aliphatic hydroxyl groups excluding tert-OH is 1. The van der Waals surface area contributed by atoms with Gasteiger partial charge in [0.25, 0.3) is 0 Å². The van der Waals surface area contributed by atoms with E-state index in [1.807, 2.05) is 6.07 Å². The zero-order valence-electron chi connectivity index (χ0n) is 8.33. The third-order valence-electron chi connectivity index (χ3n) is 2.22. The molecule has 0 bridgehead atoms. The first kappa shape index (κ1) is 11.7. The van der Waals surface area contributed by atoms with Crippen LogP contribution < -0.4 is 5.73 Å². The van der Waals surface area contributed by atoms with Gasteiger partial charge in [0.15, 0.2) is 0 Å². The van der Waals surface area contributed by atoms with Gasteiger partial charge in [0.1, 0.15) is 0 Å². The molecule has 3 N–H and O–H groups in total. The van der Waals surface area contributed by atoms with Crippen LogP contribution in [0.5, 0.6) is 0 Å². The molecule has 2 nitrogen and oxygen atoms in total. The van der Waals surface area contributed by atoms with Crippen LogP contribution in [-0.2, 0) is 6.42 Å². The number of benzene rings is 1. The van der Waals surface area contributed by atoms with Gasteiger partial charge in [-0.15, -0.1) is 0 Å². The minimum atomic E-state index is 0.0561. The molecule has 0 heterocycles. The van der Waals surface area contributed by atoms with Crippen molar-refractivity contribution in [1.29, 1.82) is 0 Å². The van der Waals surface area contributed by atoms with Crippen molar-refractivity contribution in [3.8, 4) is 0 Å². The highest BCUT2D eigenvalue weighted by molar-refractivity contribution is 9.10. The van der Waals surface area contributed by atoms with Gasteiger partial charge in [-0.25, -0.2) is 0 Å². The largest absolute Gasteiger partial charge is 0.396 e. The summed E-state index contributed by atoms with van der Waals surface area (Å²) in [6.45, 7) is 2.22. The van der Waals surface area contributed by atoms with E-state index in [-0.39, 0.29) is 12.6 Å². The molecule has 14 heavy (non-hydrogen) atoms. The second-order valence-electron chi connectivity index (χ2n) is 3.56. The van der Waals surface area contributed by atoms with Crippen LogP contribution in [0.2, 0.25) is 0 Å². The highest BCUT2D eigenvalue weighted by Gasteiger charge is 2.04. The van der Waals surface area contributed by atoms with Crippen molar-refractivity contribution in [2.24, 2.45) is 5.73 Å². The van der Waals surface area contributed by atoms with Crippen molar-refractivity contribution in [3.05, 3.63) is 33.8 Å². The van der Waals surface area contributed by atoms with Crippen LogP contribution >= 0.6 is 15.9 Å². The van der Waals surface area contributed by atoms with E-state index in [0.717, 1.165) is 10.9 Å². The summed E-state index contributed by atoms with van der Waals surface area (Å²) in [5.74, 6) is 0. The molecular weight excluding hydrogens is 242 g/mol. The highest BCUT2D eigenvalue weighted by atomic mass is 79.9. The molecule has 0 fully saturated rings. The first-order valence-corrected chi connectivity index (χ1v) is 5.54. The number of rotatable bonds is 4. The molecule has 1 atom stereocenters. The topological polar surface area (TPSA) is 46.2 Å². The smallest absolute Gasteiger partial charge is 0.0445 e. The summed E-state index contributed by atoms with van der Waals surface area (Å²) >= 11 is 3.46.